The van der Waals surface area contributed by atoms with E-state index in [1.807, 2.05) is 11.7 Å². The van der Waals surface area contributed by atoms with Crippen LogP contribution < -0.4 is 5.32 Å². The molecule has 4 rings (SSSR count). The first-order valence-corrected chi connectivity index (χ1v) is 10.5. The van der Waals surface area contributed by atoms with Gasteiger partial charge in [-0.25, -0.2) is 14.0 Å². The number of carbonyl (C=O) groups excluding carboxylic acids is 2. The topological polar surface area (TPSA) is 85.7 Å². The molecule has 8 nitrogen and oxygen atoms in total. The lowest BCUT2D eigenvalue weighted by molar-refractivity contribution is 0.0600. The Kier molecular flexibility index (Phi) is 6.69. The van der Waals surface area contributed by atoms with Crippen LogP contribution in [-0.2, 0) is 42.7 Å². The van der Waals surface area contributed by atoms with Crippen LogP contribution in [-0.4, -0.2) is 40.3 Å². The molecular formula is C24H25FN4O4. The zero-order valence-corrected chi connectivity index (χ0v) is 18.5. The van der Waals surface area contributed by atoms with Crippen LogP contribution >= 0.6 is 0 Å². The van der Waals surface area contributed by atoms with Gasteiger partial charge in [0.15, 0.2) is 0 Å². The average Bonchev–Trinajstić information content (AvgIpc) is 3.13. The van der Waals surface area contributed by atoms with Crippen molar-refractivity contribution in [2.45, 2.75) is 26.2 Å². The van der Waals surface area contributed by atoms with Crippen molar-refractivity contribution in [2.75, 3.05) is 19.0 Å². The second-order valence-electron chi connectivity index (χ2n) is 7.79. The summed E-state index contributed by atoms with van der Waals surface area (Å²) in [6.07, 6.45) is 0.665. The second-order valence-corrected chi connectivity index (χ2v) is 7.79. The number of hydrogen-bond donors (Lipinski definition) is 1. The monoisotopic (exact) mass is 452 g/mol. The lowest BCUT2D eigenvalue weighted by atomic mass is 10.1. The molecule has 0 saturated carbocycles. The number of rotatable bonds is 6. The number of anilines is 1. The molecule has 1 aliphatic rings. The highest BCUT2D eigenvalue weighted by Gasteiger charge is 2.27. The van der Waals surface area contributed by atoms with Gasteiger partial charge < -0.3 is 19.7 Å². The maximum absolute atomic E-state index is 13.4. The molecule has 2 aromatic carbocycles. The highest BCUT2D eigenvalue weighted by atomic mass is 19.1. The van der Waals surface area contributed by atoms with E-state index in [1.165, 1.54) is 19.2 Å². The minimum atomic E-state index is -0.466. The summed E-state index contributed by atoms with van der Waals surface area (Å²) >= 11 is 0. The molecule has 0 spiro atoms. The van der Waals surface area contributed by atoms with Gasteiger partial charge in [-0.3, -0.25) is 4.68 Å². The minimum Gasteiger partial charge on any atom is -0.465 e. The zero-order valence-electron chi connectivity index (χ0n) is 18.5. The van der Waals surface area contributed by atoms with E-state index in [1.54, 1.807) is 41.3 Å². The van der Waals surface area contributed by atoms with Gasteiger partial charge in [0, 0.05) is 37.0 Å². The summed E-state index contributed by atoms with van der Waals surface area (Å²) in [6, 6.07) is 12.6. The van der Waals surface area contributed by atoms with Crippen LogP contribution in [0.1, 0.15) is 32.9 Å². The maximum atomic E-state index is 13.4. The SMILES string of the molecule is COC(=O)c1cccc(NC(=O)N2CCc3c(c(COCc4cccc(F)c4)nn3C)C2)c1. The molecule has 0 aliphatic carbocycles. The van der Waals surface area contributed by atoms with E-state index in [0.717, 1.165) is 22.5 Å². The molecule has 2 amide bonds. The molecule has 0 atom stereocenters. The van der Waals surface area contributed by atoms with Gasteiger partial charge in [0.05, 0.1) is 38.1 Å². The molecule has 1 aromatic heterocycles. The maximum Gasteiger partial charge on any atom is 0.337 e. The Balaban J connectivity index is 1.41. The summed E-state index contributed by atoms with van der Waals surface area (Å²) in [7, 11) is 3.19. The number of nitrogens with zero attached hydrogens (tertiary/aromatic N) is 3. The molecule has 33 heavy (non-hydrogen) atoms. The van der Waals surface area contributed by atoms with Crippen molar-refractivity contribution >= 4 is 17.7 Å². The Hall–Kier alpha value is -3.72. The molecule has 0 saturated heterocycles. The summed E-state index contributed by atoms with van der Waals surface area (Å²) in [5.41, 5.74) is 4.40. The van der Waals surface area contributed by atoms with Gasteiger partial charge in [-0.2, -0.15) is 5.10 Å². The van der Waals surface area contributed by atoms with Gasteiger partial charge in [-0.1, -0.05) is 18.2 Å². The van der Waals surface area contributed by atoms with E-state index < -0.39 is 5.97 Å². The van der Waals surface area contributed by atoms with Crippen molar-refractivity contribution in [1.82, 2.24) is 14.7 Å². The van der Waals surface area contributed by atoms with Crippen LogP contribution in [0.2, 0.25) is 0 Å². The number of amides is 2. The normalized spacial score (nSPS) is 12.9. The van der Waals surface area contributed by atoms with Crippen LogP contribution in [0.5, 0.6) is 0 Å². The molecule has 1 aliphatic heterocycles. The van der Waals surface area contributed by atoms with Crippen molar-refractivity contribution in [3.63, 3.8) is 0 Å². The van der Waals surface area contributed by atoms with Crippen molar-refractivity contribution in [3.05, 3.63) is 82.4 Å². The Morgan fingerprint density at radius 2 is 1.97 bits per heavy atom. The summed E-state index contributed by atoms with van der Waals surface area (Å²) in [6.45, 7) is 1.46. The Bertz CT molecular complexity index is 1180. The number of esters is 1. The third kappa shape index (κ3) is 5.20. The zero-order chi connectivity index (χ0) is 23.4. The van der Waals surface area contributed by atoms with Gasteiger partial charge in [0.25, 0.3) is 0 Å². The van der Waals surface area contributed by atoms with Crippen LogP contribution in [0.25, 0.3) is 0 Å². The van der Waals surface area contributed by atoms with Crippen LogP contribution in [0, 0.1) is 5.82 Å². The number of halogens is 1. The number of carbonyl (C=O) groups is 2. The summed E-state index contributed by atoms with van der Waals surface area (Å²) in [4.78, 5) is 26.3. The largest absolute Gasteiger partial charge is 0.465 e. The fourth-order valence-electron chi connectivity index (χ4n) is 3.90. The number of methoxy groups -OCH3 is 1. The first-order valence-electron chi connectivity index (χ1n) is 10.5. The molecule has 0 fully saturated rings. The Morgan fingerprint density at radius 1 is 1.15 bits per heavy atom. The summed E-state index contributed by atoms with van der Waals surface area (Å²) < 4.78 is 25.7. The third-order valence-electron chi connectivity index (χ3n) is 5.54. The number of ether oxygens (including phenoxy) is 2. The molecule has 9 heteroatoms. The Labute approximate surface area is 190 Å². The number of aryl methyl sites for hydroxylation is 1. The first-order chi connectivity index (χ1) is 15.9. The predicted molar refractivity (Wildman–Crippen MR) is 119 cm³/mol. The summed E-state index contributed by atoms with van der Waals surface area (Å²) in [5, 5.41) is 7.41. The van der Waals surface area contributed by atoms with Gasteiger partial charge in [0.1, 0.15) is 5.82 Å². The predicted octanol–water partition coefficient (Wildman–Crippen LogP) is 3.65. The fourth-order valence-corrected chi connectivity index (χ4v) is 3.90. The number of benzene rings is 2. The van der Waals surface area contributed by atoms with E-state index >= 15 is 0 Å². The van der Waals surface area contributed by atoms with Crippen molar-refractivity contribution < 1.29 is 23.5 Å². The summed E-state index contributed by atoms with van der Waals surface area (Å²) in [5.74, 6) is -0.767. The molecule has 3 aromatic rings. The molecule has 0 radical (unpaired) electrons. The van der Waals surface area contributed by atoms with Gasteiger partial charge >= 0.3 is 12.0 Å². The van der Waals surface area contributed by atoms with Crippen molar-refractivity contribution in [2.24, 2.45) is 7.05 Å². The molecule has 0 bridgehead atoms. The minimum absolute atomic E-state index is 0.260. The van der Waals surface area contributed by atoms with E-state index in [0.29, 0.717) is 30.8 Å². The van der Waals surface area contributed by atoms with Gasteiger partial charge in [0.2, 0.25) is 0 Å². The van der Waals surface area contributed by atoms with E-state index in [-0.39, 0.29) is 25.1 Å². The van der Waals surface area contributed by atoms with Crippen molar-refractivity contribution in [1.29, 1.82) is 0 Å². The average molecular weight is 452 g/mol. The molecule has 2 heterocycles. The van der Waals surface area contributed by atoms with Gasteiger partial charge in [-0.15, -0.1) is 0 Å². The smallest absolute Gasteiger partial charge is 0.337 e. The van der Waals surface area contributed by atoms with Crippen LogP contribution in [0.15, 0.2) is 48.5 Å². The van der Waals surface area contributed by atoms with E-state index in [2.05, 4.69) is 10.4 Å². The number of nitrogens with one attached hydrogen (secondary N) is 1. The van der Waals surface area contributed by atoms with Crippen LogP contribution in [0.4, 0.5) is 14.9 Å². The standard InChI is InChI=1S/C24H25FN4O4/c1-28-22-9-10-29(24(31)26-19-8-4-6-17(12-19)23(30)32-2)13-20(22)21(27-28)15-33-14-16-5-3-7-18(25)11-16/h3-8,11-12H,9-10,13-15H2,1-2H3,(H,26,31). The lowest BCUT2D eigenvalue weighted by Gasteiger charge is -2.28. The van der Waals surface area contributed by atoms with Gasteiger partial charge in [-0.05, 0) is 35.9 Å². The number of aromatic nitrogens is 2. The quantitative estimate of drug-likeness (QED) is 0.577. The number of hydrogen-bond acceptors (Lipinski definition) is 5. The van der Waals surface area contributed by atoms with Crippen LogP contribution in [0.3, 0.4) is 0 Å². The third-order valence-corrected chi connectivity index (χ3v) is 5.54. The van der Waals surface area contributed by atoms with E-state index in [4.69, 9.17) is 9.47 Å². The highest BCUT2D eigenvalue weighted by Crippen LogP contribution is 2.24. The lowest BCUT2D eigenvalue weighted by Crippen LogP contribution is -2.39. The van der Waals surface area contributed by atoms with Crippen molar-refractivity contribution in [3.8, 4) is 0 Å². The molecule has 172 valence electrons. The molecular weight excluding hydrogens is 427 g/mol. The first kappa shape index (κ1) is 22.5. The number of urea groups is 1. The van der Waals surface area contributed by atoms with E-state index in [9.17, 15) is 14.0 Å². The second kappa shape index (κ2) is 9.83. The number of fused-ring (bicyclic) bond motifs is 1. The molecule has 0 unspecified atom stereocenters. The fraction of sp³-hybridized carbons (Fsp3) is 0.292. The molecule has 1 N–H and O–H groups in total. The highest BCUT2D eigenvalue weighted by molar-refractivity contribution is 5.94. The Morgan fingerprint density at radius 3 is 2.76 bits per heavy atom.